The molecule has 0 N–H and O–H groups in total. The van der Waals surface area contributed by atoms with Crippen molar-refractivity contribution in [1.29, 1.82) is 0 Å². The Labute approximate surface area is 122 Å². The average Bonchev–Trinajstić information content (AvgIpc) is 2.45. The summed E-state index contributed by atoms with van der Waals surface area (Å²) in [4.78, 5) is 12.4. The fourth-order valence-electron chi connectivity index (χ4n) is 1.97. The number of ether oxygens (including phenoxy) is 1. The van der Waals surface area contributed by atoms with Gasteiger partial charge in [0.05, 0.1) is 7.11 Å². The van der Waals surface area contributed by atoms with Gasteiger partial charge in [0.2, 0.25) is 0 Å². The van der Waals surface area contributed by atoms with Crippen LogP contribution < -0.4 is 4.74 Å². The predicted molar refractivity (Wildman–Crippen MR) is 84.3 cm³/mol. The maximum absolute atomic E-state index is 12.4. The van der Waals surface area contributed by atoms with E-state index in [4.69, 9.17) is 4.74 Å². The van der Waals surface area contributed by atoms with Gasteiger partial charge in [-0.1, -0.05) is 42.9 Å². The van der Waals surface area contributed by atoms with Crippen molar-refractivity contribution in [3.63, 3.8) is 0 Å². The molecule has 2 nitrogen and oxygen atoms in total. The van der Waals surface area contributed by atoms with Gasteiger partial charge in [-0.2, -0.15) is 0 Å². The van der Waals surface area contributed by atoms with Crippen LogP contribution in [0.25, 0.3) is 0 Å². The highest BCUT2D eigenvalue weighted by molar-refractivity contribution is 5.99. The van der Waals surface area contributed by atoms with Crippen LogP contribution in [0.15, 0.2) is 48.1 Å². The Balaban J connectivity index is 2.70. The Morgan fingerprint density at radius 2 is 2.10 bits per heavy atom. The molecule has 108 valence electrons. The molecule has 0 aromatic heterocycles. The lowest BCUT2D eigenvalue weighted by molar-refractivity contribution is 0.0946. The molecule has 20 heavy (non-hydrogen) atoms. The molecule has 0 saturated heterocycles. The Bertz CT molecular complexity index is 508. The van der Waals surface area contributed by atoms with Crippen molar-refractivity contribution in [3.05, 3.63) is 53.6 Å². The summed E-state index contributed by atoms with van der Waals surface area (Å²) < 4.78 is 5.15. The van der Waals surface area contributed by atoms with Gasteiger partial charge in [-0.15, -0.1) is 0 Å². The maximum atomic E-state index is 12.4. The quantitative estimate of drug-likeness (QED) is 0.525. The van der Waals surface area contributed by atoms with Gasteiger partial charge < -0.3 is 4.74 Å². The smallest absolute Gasteiger partial charge is 0.169 e. The van der Waals surface area contributed by atoms with Crippen LogP contribution in [-0.4, -0.2) is 12.9 Å². The van der Waals surface area contributed by atoms with E-state index in [0.29, 0.717) is 11.3 Å². The van der Waals surface area contributed by atoms with Crippen molar-refractivity contribution in [2.24, 2.45) is 5.92 Å². The summed E-state index contributed by atoms with van der Waals surface area (Å²) >= 11 is 0. The van der Waals surface area contributed by atoms with E-state index < -0.39 is 0 Å². The molecule has 2 heteroatoms. The highest BCUT2D eigenvalue weighted by Crippen LogP contribution is 2.22. The van der Waals surface area contributed by atoms with E-state index >= 15 is 0 Å². The molecular formula is C18H24O2. The number of hydrogen-bond acceptors (Lipinski definition) is 2. The number of Topliss-reactive ketones (excluding diaryl/α,β-unsaturated/α-hetero) is 1. The van der Waals surface area contributed by atoms with Crippen molar-refractivity contribution >= 4 is 5.78 Å². The molecule has 1 rings (SSSR count). The number of methoxy groups -OCH3 is 1. The minimum absolute atomic E-state index is 0.103. The first kappa shape index (κ1) is 16.2. The van der Waals surface area contributed by atoms with Crippen LogP contribution in [0.5, 0.6) is 5.75 Å². The highest BCUT2D eigenvalue weighted by atomic mass is 16.5. The van der Waals surface area contributed by atoms with Gasteiger partial charge in [0.1, 0.15) is 5.75 Å². The van der Waals surface area contributed by atoms with Gasteiger partial charge >= 0.3 is 0 Å². The minimum atomic E-state index is -0.160. The SMILES string of the molecule is C=C(CCC=C(C)C)C(C)C(=O)c1cccc(OC)c1. The van der Waals surface area contributed by atoms with E-state index in [0.717, 1.165) is 18.4 Å². The lowest BCUT2D eigenvalue weighted by atomic mass is 9.90. The van der Waals surface area contributed by atoms with Crippen LogP contribution in [-0.2, 0) is 0 Å². The topological polar surface area (TPSA) is 26.3 Å². The molecule has 0 spiro atoms. The first-order chi connectivity index (χ1) is 9.45. The second-order valence-electron chi connectivity index (χ2n) is 5.30. The fourth-order valence-corrected chi connectivity index (χ4v) is 1.97. The summed E-state index contributed by atoms with van der Waals surface area (Å²) in [6.07, 6.45) is 3.97. The monoisotopic (exact) mass is 272 g/mol. The van der Waals surface area contributed by atoms with Crippen molar-refractivity contribution in [2.45, 2.75) is 33.6 Å². The largest absolute Gasteiger partial charge is 0.497 e. The molecule has 0 fully saturated rings. The summed E-state index contributed by atoms with van der Waals surface area (Å²) in [5, 5.41) is 0. The molecule has 0 amide bonds. The summed E-state index contributed by atoms with van der Waals surface area (Å²) in [6.45, 7) is 10.1. The van der Waals surface area contributed by atoms with Crippen LogP contribution in [0.3, 0.4) is 0 Å². The Hall–Kier alpha value is -1.83. The molecule has 0 bridgehead atoms. The molecule has 1 aromatic carbocycles. The normalized spacial score (nSPS) is 11.6. The van der Waals surface area contributed by atoms with Crippen molar-refractivity contribution in [1.82, 2.24) is 0 Å². The van der Waals surface area contributed by atoms with Crippen molar-refractivity contribution in [3.8, 4) is 5.75 Å². The summed E-state index contributed by atoms with van der Waals surface area (Å²) in [5.41, 5.74) is 2.96. The summed E-state index contributed by atoms with van der Waals surface area (Å²) in [7, 11) is 1.60. The van der Waals surface area contributed by atoms with Crippen LogP contribution in [0, 0.1) is 5.92 Å². The van der Waals surface area contributed by atoms with Gasteiger partial charge in [0, 0.05) is 11.5 Å². The first-order valence-corrected chi connectivity index (χ1v) is 6.95. The zero-order chi connectivity index (χ0) is 15.1. The predicted octanol–water partition coefficient (Wildman–Crippen LogP) is 4.82. The Morgan fingerprint density at radius 3 is 2.70 bits per heavy atom. The summed E-state index contributed by atoms with van der Waals surface area (Å²) in [6, 6.07) is 7.28. The number of carbonyl (C=O) groups excluding carboxylic acids is 1. The zero-order valence-corrected chi connectivity index (χ0v) is 12.9. The average molecular weight is 272 g/mol. The first-order valence-electron chi connectivity index (χ1n) is 6.95. The standard InChI is InChI=1S/C18H24O2/c1-13(2)8-6-9-14(3)15(4)18(19)16-10-7-11-17(12-16)20-5/h7-8,10-12,15H,3,6,9H2,1-2,4-5H3. The lowest BCUT2D eigenvalue weighted by Gasteiger charge is -2.14. The third-order valence-corrected chi connectivity index (χ3v) is 3.38. The number of benzene rings is 1. The molecule has 1 atom stereocenters. The van der Waals surface area contributed by atoms with Gasteiger partial charge in [-0.25, -0.2) is 0 Å². The van der Waals surface area contributed by atoms with Crippen LogP contribution in [0.4, 0.5) is 0 Å². The van der Waals surface area contributed by atoms with E-state index in [9.17, 15) is 4.79 Å². The Morgan fingerprint density at radius 1 is 1.40 bits per heavy atom. The molecule has 1 aromatic rings. The summed E-state index contributed by atoms with van der Waals surface area (Å²) in [5.74, 6) is 0.650. The van der Waals surface area contributed by atoms with Gasteiger partial charge in [0.15, 0.2) is 5.78 Å². The fraction of sp³-hybridized carbons (Fsp3) is 0.389. The molecule has 0 aliphatic heterocycles. The second-order valence-corrected chi connectivity index (χ2v) is 5.30. The third kappa shape index (κ3) is 4.69. The number of rotatable bonds is 7. The van der Waals surface area contributed by atoms with E-state index in [-0.39, 0.29) is 11.7 Å². The second kappa shape index (κ2) is 7.68. The maximum Gasteiger partial charge on any atom is 0.169 e. The third-order valence-electron chi connectivity index (χ3n) is 3.38. The van der Waals surface area contributed by atoms with E-state index in [1.54, 1.807) is 13.2 Å². The van der Waals surface area contributed by atoms with Crippen LogP contribution in [0.2, 0.25) is 0 Å². The Kier molecular flexibility index (Phi) is 6.23. The van der Waals surface area contributed by atoms with Crippen LogP contribution >= 0.6 is 0 Å². The molecular weight excluding hydrogens is 248 g/mol. The lowest BCUT2D eigenvalue weighted by Crippen LogP contribution is -2.13. The van der Waals surface area contributed by atoms with Gasteiger partial charge in [-0.3, -0.25) is 4.79 Å². The van der Waals surface area contributed by atoms with E-state index in [1.165, 1.54) is 5.57 Å². The minimum Gasteiger partial charge on any atom is -0.497 e. The molecule has 0 aliphatic rings. The van der Waals surface area contributed by atoms with E-state index in [1.807, 2.05) is 25.1 Å². The zero-order valence-electron chi connectivity index (χ0n) is 12.9. The molecule has 0 aliphatic carbocycles. The highest BCUT2D eigenvalue weighted by Gasteiger charge is 2.18. The van der Waals surface area contributed by atoms with Crippen molar-refractivity contribution in [2.75, 3.05) is 7.11 Å². The molecule has 0 saturated carbocycles. The number of allylic oxidation sites excluding steroid dienone is 3. The van der Waals surface area contributed by atoms with Gasteiger partial charge in [0.25, 0.3) is 0 Å². The number of ketones is 1. The number of hydrogen-bond donors (Lipinski definition) is 0. The van der Waals surface area contributed by atoms with Crippen molar-refractivity contribution < 1.29 is 9.53 Å². The van der Waals surface area contributed by atoms with Crippen LogP contribution in [0.1, 0.15) is 44.0 Å². The molecule has 0 radical (unpaired) electrons. The van der Waals surface area contributed by atoms with Gasteiger partial charge in [-0.05, 0) is 38.8 Å². The molecule has 1 unspecified atom stereocenters. The van der Waals surface area contributed by atoms with E-state index in [2.05, 4.69) is 26.5 Å². The molecule has 0 heterocycles. The number of carbonyl (C=O) groups is 1.